The van der Waals surface area contributed by atoms with E-state index in [4.69, 9.17) is 9.05 Å². The standard InChI is InChI=1S/C29H37F5NO4P/c1-3-5-18-38-40(37,39-19-6-4-2)20-12-11-17-27(26(36)35-21-28(30,31)29(32,33)34)24-15-9-7-13-22(24)23-14-8-10-16-25(23)27/h7-10,13-16H,3-6,11-12,17-21H2,1-2H3,(H,35,36). The van der Waals surface area contributed by atoms with Crippen LogP contribution in [0.2, 0.25) is 0 Å². The number of alkyl halides is 5. The lowest BCUT2D eigenvalue weighted by Gasteiger charge is -2.32. The maximum atomic E-state index is 13.8. The van der Waals surface area contributed by atoms with Crippen molar-refractivity contribution in [2.24, 2.45) is 0 Å². The summed E-state index contributed by atoms with van der Waals surface area (Å²) in [6.45, 7) is 2.69. The normalized spacial score (nSPS) is 14.6. The highest BCUT2D eigenvalue weighted by atomic mass is 31.2. The van der Waals surface area contributed by atoms with Crippen LogP contribution in [0.25, 0.3) is 11.1 Å². The van der Waals surface area contributed by atoms with Crippen LogP contribution in [0.15, 0.2) is 48.5 Å². The fraction of sp³-hybridized carbons (Fsp3) is 0.552. The third-order valence-corrected chi connectivity index (χ3v) is 9.16. The van der Waals surface area contributed by atoms with Gasteiger partial charge in [-0.15, -0.1) is 0 Å². The van der Waals surface area contributed by atoms with E-state index in [1.165, 1.54) is 0 Å². The summed E-state index contributed by atoms with van der Waals surface area (Å²) < 4.78 is 90.8. The lowest BCUT2D eigenvalue weighted by atomic mass is 9.73. The van der Waals surface area contributed by atoms with Crippen LogP contribution in [-0.4, -0.2) is 43.9 Å². The Hall–Kier alpha value is -2.29. The molecule has 0 heterocycles. The largest absolute Gasteiger partial charge is 0.455 e. The minimum atomic E-state index is -5.80. The number of fused-ring (bicyclic) bond motifs is 3. The lowest BCUT2D eigenvalue weighted by molar-refractivity contribution is -0.278. The van der Waals surface area contributed by atoms with Gasteiger partial charge in [-0.25, -0.2) is 0 Å². The van der Waals surface area contributed by atoms with E-state index in [1.54, 1.807) is 48.5 Å². The van der Waals surface area contributed by atoms with Gasteiger partial charge in [0.2, 0.25) is 5.91 Å². The number of carbonyl (C=O) groups is 1. The Balaban J connectivity index is 1.87. The third kappa shape index (κ3) is 7.12. The minimum absolute atomic E-state index is 0.105. The van der Waals surface area contributed by atoms with Gasteiger partial charge in [0.1, 0.15) is 5.41 Å². The summed E-state index contributed by atoms with van der Waals surface area (Å²) in [6.07, 6.45) is -1.76. The molecule has 1 aliphatic rings. The van der Waals surface area contributed by atoms with Gasteiger partial charge in [-0.3, -0.25) is 9.36 Å². The van der Waals surface area contributed by atoms with Crippen LogP contribution in [0.3, 0.4) is 0 Å². The monoisotopic (exact) mass is 589 g/mol. The summed E-state index contributed by atoms with van der Waals surface area (Å²) in [5.41, 5.74) is 1.00. The first-order valence-corrected chi connectivity index (χ1v) is 15.4. The van der Waals surface area contributed by atoms with Crippen molar-refractivity contribution in [1.29, 1.82) is 0 Å². The van der Waals surface area contributed by atoms with Crippen LogP contribution < -0.4 is 5.32 Å². The molecule has 2 aromatic carbocycles. The lowest BCUT2D eigenvalue weighted by Crippen LogP contribution is -2.52. The number of nitrogens with one attached hydrogen (secondary N) is 1. The Morgan fingerprint density at radius 2 is 1.32 bits per heavy atom. The molecule has 222 valence electrons. The van der Waals surface area contributed by atoms with E-state index >= 15 is 0 Å². The van der Waals surface area contributed by atoms with Gasteiger partial charge >= 0.3 is 19.7 Å². The van der Waals surface area contributed by atoms with Crippen molar-refractivity contribution in [2.75, 3.05) is 25.9 Å². The van der Waals surface area contributed by atoms with Crippen molar-refractivity contribution in [3.8, 4) is 11.1 Å². The molecule has 0 aliphatic heterocycles. The van der Waals surface area contributed by atoms with Gasteiger partial charge in [-0.05, 0) is 47.9 Å². The molecule has 11 heteroatoms. The number of carbonyl (C=O) groups excluding carboxylic acids is 1. The predicted molar refractivity (Wildman–Crippen MR) is 145 cm³/mol. The Bertz CT molecular complexity index is 1130. The molecular formula is C29H37F5NO4P. The van der Waals surface area contributed by atoms with Crippen LogP contribution in [-0.2, 0) is 23.8 Å². The fourth-order valence-electron chi connectivity index (χ4n) is 4.95. The Kier molecular flexibility index (Phi) is 10.9. The SMILES string of the molecule is CCCCOP(=O)(CCCCC1(C(=O)NCC(F)(F)C(F)(F)F)c2ccccc2-c2ccccc21)OCCCC. The predicted octanol–water partition coefficient (Wildman–Crippen LogP) is 8.26. The maximum Gasteiger partial charge on any atom is 0.455 e. The van der Waals surface area contributed by atoms with Gasteiger partial charge in [0.25, 0.3) is 0 Å². The van der Waals surface area contributed by atoms with Crippen molar-refractivity contribution >= 4 is 13.5 Å². The van der Waals surface area contributed by atoms with Crippen LogP contribution in [0.4, 0.5) is 22.0 Å². The number of benzene rings is 2. The van der Waals surface area contributed by atoms with E-state index in [0.717, 1.165) is 25.7 Å². The Morgan fingerprint density at radius 1 is 0.825 bits per heavy atom. The molecule has 0 fully saturated rings. The average molecular weight is 590 g/mol. The van der Waals surface area contributed by atoms with E-state index in [9.17, 15) is 31.3 Å². The van der Waals surface area contributed by atoms with E-state index in [2.05, 4.69) is 0 Å². The summed E-state index contributed by atoms with van der Waals surface area (Å²) in [5, 5.41) is 1.91. The highest BCUT2D eigenvalue weighted by molar-refractivity contribution is 7.53. The van der Waals surface area contributed by atoms with Gasteiger partial charge in [0.05, 0.1) is 25.9 Å². The minimum Gasteiger partial charge on any atom is -0.349 e. The first-order chi connectivity index (χ1) is 18.9. The van der Waals surface area contributed by atoms with Crippen molar-refractivity contribution in [3.05, 3.63) is 59.7 Å². The number of hydrogen-bond donors (Lipinski definition) is 1. The summed E-state index contributed by atoms with van der Waals surface area (Å²) in [4.78, 5) is 13.7. The molecule has 0 radical (unpaired) electrons. The quantitative estimate of drug-likeness (QED) is 0.122. The Morgan fingerprint density at radius 3 is 1.80 bits per heavy atom. The highest BCUT2D eigenvalue weighted by Gasteiger charge is 2.58. The van der Waals surface area contributed by atoms with Gasteiger partial charge < -0.3 is 14.4 Å². The molecule has 2 aromatic rings. The molecule has 5 nitrogen and oxygen atoms in total. The molecule has 0 unspecified atom stereocenters. The molecule has 1 amide bonds. The van der Waals surface area contributed by atoms with E-state index in [0.29, 0.717) is 48.3 Å². The molecular weight excluding hydrogens is 552 g/mol. The van der Waals surface area contributed by atoms with E-state index in [1.807, 2.05) is 19.2 Å². The molecule has 0 atom stereocenters. The molecule has 0 bridgehead atoms. The van der Waals surface area contributed by atoms with Crippen molar-refractivity contribution in [3.63, 3.8) is 0 Å². The maximum absolute atomic E-state index is 13.8. The summed E-state index contributed by atoms with van der Waals surface area (Å²) in [5.74, 6) is -6.02. The average Bonchev–Trinajstić information content (AvgIpc) is 3.20. The molecule has 0 saturated heterocycles. The molecule has 0 aromatic heterocycles. The molecule has 1 N–H and O–H groups in total. The molecule has 40 heavy (non-hydrogen) atoms. The summed E-state index contributed by atoms with van der Waals surface area (Å²) in [7, 11) is -3.40. The van der Waals surface area contributed by atoms with Crippen molar-refractivity contribution in [1.82, 2.24) is 5.32 Å². The number of unbranched alkanes of at least 4 members (excludes halogenated alkanes) is 3. The van der Waals surface area contributed by atoms with Crippen LogP contribution in [0, 0.1) is 0 Å². The van der Waals surface area contributed by atoms with Crippen LogP contribution >= 0.6 is 7.60 Å². The zero-order valence-electron chi connectivity index (χ0n) is 22.9. The van der Waals surface area contributed by atoms with Crippen LogP contribution in [0.5, 0.6) is 0 Å². The van der Waals surface area contributed by atoms with Crippen molar-refractivity contribution < 1.29 is 40.4 Å². The number of hydrogen-bond acceptors (Lipinski definition) is 4. The second kappa shape index (κ2) is 13.6. The summed E-state index contributed by atoms with van der Waals surface area (Å²) in [6, 6.07) is 13.9. The Labute approximate surface area is 232 Å². The van der Waals surface area contributed by atoms with Crippen molar-refractivity contribution in [2.45, 2.75) is 76.3 Å². The van der Waals surface area contributed by atoms with Gasteiger partial charge in [-0.1, -0.05) is 81.6 Å². The van der Waals surface area contributed by atoms with Gasteiger partial charge in [-0.2, -0.15) is 22.0 Å². The number of amides is 1. The fourth-order valence-corrected chi connectivity index (χ4v) is 6.71. The van der Waals surface area contributed by atoms with E-state index in [-0.39, 0.29) is 12.6 Å². The first-order valence-electron chi connectivity index (χ1n) is 13.7. The number of rotatable bonds is 16. The first kappa shape index (κ1) is 32.2. The topological polar surface area (TPSA) is 64.6 Å². The molecule has 3 rings (SSSR count). The summed E-state index contributed by atoms with van der Waals surface area (Å²) >= 11 is 0. The molecule has 1 aliphatic carbocycles. The zero-order valence-corrected chi connectivity index (χ0v) is 23.8. The molecule has 0 saturated carbocycles. The molecule has 0 spiro atoms. The van der Waals surface area contributed by atoms with Gasteiger partial charge in [0, 0.05) is 0 Å². The van der Waals surface area contributed by atoms with E-state index < -0.39 is 37.6 Å². The second-order valence-corrected chi connectivity index (χ2v) is 12.2. The van der Waals surface area contributed by atoms with Gasteiger partial charge in [0.15, 0.2) is 0 Å². The third-order valence-electron chi connectivity index (χ3n) is 7.14. The zero-order chi connectivity index (χ0) is 29.4. The smallest absolute Gasteiger partial charge is 0.349 e. The number of halogens is 5. The second-order valence-electron chi connectivity index (χ2n) is 10.0. The highest BCUT2D eigenvalue weighted by Crippen LogP contribution is 2.53. The van der Waals surface area contributed by atoms with Crippen LogP contribution in [0.1, 0.15) is 69.9 Å².